The van der Waals surface area contributed by atoms with Gasteiger partial charge >= 0.3 is 0 Å². The van der Waals surface area contributed by atoms with Gasteiger partial charge in [-0.15, -0.1) is 0 Å². The van der Waals surface area contributed by atoms with E-state index in [1.54, 1.807) is 7.11 Å². The van der Waals surface area contributed by atoms with Gasteiger partial charge in [0.2, 0.25) is 0 Å². The van der Waals surface area contributed by atoms with Crippen LogP contribution in [0.25, 0.3) is 0 Å². The lowest BCUT2D eigenvalue weighted by Gasteiger charge is -2.24. The highest BCUT2D eigenvalue weighted by molar-refractivity contribution is 9.10. The Morgan fingerprint density at radius 1 is 1.29 bits per heavy atom. The number of rotatable bonds is 4. The molecule has 1 aliphatic carbocycles. The van der Waals surface area contributed by atoms with Gasteiger partial charge in [-0.1, -0.05) is 26.3 Å². The van der Waals surface area contributed by atoms with Crippen LogP contribution in [-0.4, -0.2) is 13.2 Å². The Balaban J connectivity index is 1.97. The number of benzene rings is 1. The van der Waals surface area contributed by atoms with Crippen LogP contribution in [-0.2, 0) is 0 Å². The van der Waals surface area contributed by atoms with Gasteiger partial charge in [-0.05, 0) is 71.6 Å². The second-order valence-corrected chi connectivity index (χ2v) is 7.93. The third-order valence-electron chi connectivity index (χ3n) is 4.74. The summed E-state index contributed by atoms with van der Waals surface area (Å²) in [6.45, 7) is 7.06. The van der Waals surface area contributed by atoms with Crippen LogP contribution in [0.1, 0.15) is 64.5 Å². The average Bonchev–Trinajstić information content (AvgIpc) is 2.60. The van der Waals surface area contributed by atoms with Gasteiger partial charge in [0.1, 0.15) is 5.75 Å². The van der Waals surface area contributed by atoms with Gasteiger partial charge in [-0.25, -0.2) is 0 Å². The molecule has 118 valence electrons. The lowest BCUT2D eigenvalue weighted by atomic mass is 9.85. The number of methoxy groups -OCH3 is 1. The molecule has 2 unspecified atom stereocenters. The van der Waals surface area contributed by atoms with E-state index in [4.69, 9.17) is 4.74 Å². The highest BCUT2D eigenvalue weighted by Gasteiger charge is 2.25. The molecule has 0 aliphatic heterocycles. The van der Waals surface area contributed by atoms with E-state index in [2.05, 4.69) is 54.2 Å². The predicted molar refractivity (Wildman–Crippen MR) is 92.9 cm³/mol. The van der Waals surface area contributed by atoms with Crippen molar-refractivity contribution in [1.82, 2.24) is 5.32 Å². The summed E-state index contributed by atoms with van der Waals surface area (Å²) in [7, 11) is 1.70. The van der Waals surface area contributed by atoms with Crippen molar-refractivity contribution in [2.75, 3.05) is 7.11 Å². The minimum atomic E-state index is 0.374. The van der Waals surface area contributed by atoms with E-state index in [-0.39, 0.29) is 0 Å². The maximum absolute atomic E-state index is 5.30. The van der Waals surface area contributed by atoms with Gasteiger partial charge in [-0.3, -0.25) is 0 Å². The number of halogens is 1. The highest BCUT2D eigenvalue weighted by atomic mass is 79.9. The Morgan fingerprint density at radius 2 is 2.05 bits per heavy atom. The van der Waals surface area contributed by atoms with Gasteiger partial charge in [0.25, 0.3) is 0 Å². The summed E-state index contributed by atoms with van der Waals surface area (Å²) < 4.78 is 6.33. The minimum absolute atomic E-state index is 0.374. The first-order chi connectivity index (χ1) is 9.91. The Kier molecular flexibility index (Phi) is 5.73. The maximum atomic E-state index is 5.30. The average molecular weight is 354 g/mol. The molecule has 2 atom stereocenters. The van der Waals surface area contributed by atoms with E-state index in [1.807, 2.05) is 6.07 Å². The molecule has 1 aromatic carbocycles. The molecule has 0 aromatic heterocycles. The van der Waals surface area contributed by atoms with E-state index in [1.165, 1.54) is 37.7 Å². The Bertz CT molecular complexity index is 472. The van der Waals surface area contributed by atoms with Crippen molar-refractivity contribution in [2.24, 2.45) is 5.41 Å². The first-order valence-electron chi connectivity index (χ1n) is 8.01. The zero-order valence-corrected chi connectivity index (χ0v) is 15.3. The van der Waals surface area contributed by atoms with Crippen LogP contribution in [0.2, 0.25) is 0 Å². The van der Waals surface area contributed by atoms with E-state index in [0.29, 0.717) is 17.5 Å². The third kappa shape index (κ3) is 4.72. The van der Waals surface area contributed by atoms with Crippen LogP contribution >= 0.6 is 15.9 Å². The molecule has 1 N–H and O–H groups in total. The van der Waals surface area contributed by atoms with Crippen LogP contribution in [0, 0.1) is 5.41 Å². The standard InChI is InChI=1S/C18H28BrNO/c1-13(14-7-8-17(21-4)16(19)12-14)20-15-6-5-10-18(2,3)11-9-15/h7-8,12-13,15,20H,5-6,9-11H2,1-4H3. The van der Waals surface area contributed by atoms with Crippen molar-refractivity contribution < 1.29 is 4.74 Å². The molecule has 0 radical (unpaired) electrons. The summed E-state index contributed by atoms with van der Waals surface area (Å²) in [6, 6.07) is 7.37. The quantitative estimate of drug-likeness (QED) is 0.724. The molecule has 1 aliphatic rings. The molecule has 2 nitrogen and oxygen atoms in total. The number of hydrogen-bond acceptors (Lipinski definition) is 2. The zero-order valence-electron chi connectivity index (χ0n) is 13.7. The molecule has 0 heterocycles. The summed E-state index contributed by atoms with van der Waals surface area (Å²) in [5, 5.41) is 3.82. The molecule has 2 rings (SSSR count). The second kappa shape index (κ2) is 7.15. The molecule has 0 bridgehead atoms. The van der Waals surface area contributed by atoms with Crippen LogP contribution in [0.4, 0.5) is 0 Å². The first kappa shape index (κ1) is 16.8. The maximum Gasteiger partial charge on any atom is 0.133 e. The Labute approximate surface area is 137 Å². The minimum Gasteiger partial charge on any atom is -0.496 e. The molecule has 0 saturated heterocycles. The molecule has 21 heavy (non-hydrogen) atoms. The van der Waals surface area contributed by atoms with Crippen molar-refractivity contribution in [3.8, 4) is 5.75 Å². The van der Waals surface area contributed by atoms with E-state index in [0.717, 1.165) is 10.2 Å². The third-order valence-corrected chi connectivity index (χ3v) is 5.36. The molecule has 0 amide bonds. The zero-order chi connectivity index (χ0) is 15.5. The number of hydrogen-bond donors (Lipinski definition) is 1. The predicted octanol–water partition coefficient (Wildman–Crippen LogP) is 5.47. The fourth-order valence-electron chi connectivity index (χ4n) is 3.23. The van der Waals surface area contributed by atoms with E-state index in [9.17, 15) is 0 Å². The summed E-state index contributed by atoms with van der Waals surface area (Å²) in [5.74, 6) is 0.891. The monoisotopic (exact) mass is 353 g/mol. The van der Waals surface area contributed by atoms with Gasteiger partial charge in [0, 0.05) is 12.1 Å². The van der Waals surface area contributed by atoms with Crippen molar-refractivity contribution in [3.63, 3.8) is 0 Å². The van der Waals surface area contributed by atoms with Gasteiger partial charge < -0.3 is 10.1 Å². The molecular formula is C18H28BrNO. The van der Waals surface area contributed by atoms with Crippen LogP contribution in [0.3, 0.4) is 0 Å². The largest absolute Gasteiger partial charge is 0.496 e. The number of ether oxygens (including phenoxy) is 1. The van der Waals surface area contributed by atoms with Crippen molar-refractivity contribution in [2.45, 2.75) is 65.0 Å². The van der Waals surface area contributed by atoms with Crippen molar-refractivity contribution in [1.29, 1.82) is 0 Å². The fourth-order valence-corrected chi connectivity index (χ4v) is 3.79. The molecule has 3 heteroatoms. The highest BCUT2D eigenvalue weighted by Crippen LogP contribution is 2.34. The van der Waals surface area contributed by atoms with Crippen LogP contribution in [0.5, 0.6) is 5.75 Å². The molecular weight excluding hydrogens is 326 g/mol. The summed E-state index contributed by atoms with van der Waals surface area (Å²) in [4.78, 5) is 0. The van der Waals surface area contributed by atoms with Crippen molar-refractivity contribution >= 4 is 15.9 Å². The topological polar surface area (TPSA) is 21.3 Å². The fraction of sp³-hybridized carbons (Fsp3) is 0.667. The van der Waals surface area contributed by atoms with Crippen LogP contribution < -0.4 is 10.1 Å². The van der Waals surface area contributed by atoms with Gasteiger partial charge in [-0.2, -0.15) is 0 Å². The van der Waals surface area contributed by atoms with Crippen LogP contribution in [0.15, 0.2) is 22.7 Å². The second-order valence-electron chi connectivity index (χ2n) is 7.07. The van der Waals surface area contributed by atoms with E-state index < -0.39 is 0 Å². The van der Waals surface area contributed by atoms with Crippen molar-refractivity contribution in [3.05, 3.63) is 28.2 Å². The smallest absolute Gasteiger partial charge is 0.133 e. The molecule has 1 fully saturated rings. The Morgan fingerprint density at radius 3 is 2.71 bits per heavy atom. The molecule has 1 aromatic rings. The summed E-state index contributed by atoms with van der Waals surface area (Å²) in [5.41, 5.74) is 1.83. The summed E-state index contributed by atoms with van der Waals surface area (Å²) >= 11 is 3.58. The Hall–Kier alpha value is -0.540. The molecule has 0 spiro atoms. The number of nitrogens with one attached hydrogen (secondary N) is 1. The SMILES string of the molecule is COc1ccc(C(C)NC2CCCC(C)(C)CC2)cc1Br. The lowest BCUT2D eigenvalue weighted by molar-refractivity contribution is 0.307. The first-order valence-corrected chi connectivity index (χ1v) is 8.80. The van der Waals surface area contributed by atoms with E-state index >= 15 is 0 Å². The van der Waals surface area contributed by atoms with Gasteiger partial charge in [0.15, 0.2) is 0 Å². The normalized spacial score (nSPS) is 23.4. The molecule has 1 saturated carbocycles. The van der Waals surface area contributed by atoms with Gasteiger partial charge in [0.05, 0.1) is 11.6 Å². The lowest BCUT2D eigenvalue weighted by Crippen LogP contribution is -2.31. The summed E-state index contributed by atoms with van der Waals surface area (Å²) in [6.07, 6.45) is 6.60.